The Morgan fingerprint density at radius 1 is 1.04 bits per heavy atom. The number of hydrogen-bond acceptors (Lipinski definition) is 3. The van der Waals surface area contributed by atoms with Gasteiger partial charge in [-0.05, 0) is 37.7 Å². The van der Waals surface area contributed by atoms with E-state index in [9.17, 15) is 14.4 Å². The number of nitrogens with zero attached hydrogens (tertiary/aromatic N) is 1. The third kappa shape index (κ3) is 2.41. The predicted molar refractivity (Wildman–Crippen MR) is 92.0 cm³/mol. The fourth-order valence-electron chi connectivity index (χ4n) is 4.58. The molecule has 4 rings (SSSR count). The second-order valence-corrected chi connectivity index (χ2v) is 7.36. The van der Waals surface area contributed by atoms with Crippen LogP contribution in [0.2, 0.25) is 0 Å². The molecule has 1 saturated heterocycles. The second-order valence-electron chi connectivity index (χ2n) is 7.36. The van der Waals surface area contributed by atoms with Crippen LogP contribution in [-0.4, -0.2) is 28.7 Å². The summed E-state index contributed by atoms with van der Waals surface area (Å²) in [5, 5.41) is 2.92. The maximum Gasteiger partial charge on any atom is 0.243 e. The van der Waals surface area contributed by atoms with Crippen LogP contribution in [0, 0.1) is 23.7 Å². The summed E-state index contributed by atoms with van der Waals surface area (Å²) in [4.78, 5) is 39.4. The van der Waals surface area contributed by atoms with Crippen molar-refractivity contribution in [1.29, 1.82) is 0 Å². The molecule has 5 heteroatoms. The number of carbonyl (C=O) groups is 3. The molecule has 1 aromatic carbocycles. The lowest BCUT2D eigenvalue weighted by atomic mass is 9.85. The van der Waals surface area contributed by atoms with Gasteiger partial charge < -0.3 is 5.32 Å². The van der Waals surface area contributed by atoms with Gasteiger partial charge in [-0.2, -0.15) is 0 Å². The second kappa shape index (κ2) is 5.83. The van der Waals surface area contributed by atoms with Crippen LogP contribution in [0.5, 0.6) is 0 Å². The Bertz CT molecular complexity index is 727. The van der Waals surface area contributed by atoms with E-state index >= 15 is 0 Å². The van der Waals surface area contributed by atoms with Gasteiger partial charge in [0.25, 0.3) is 0 Å². The van der Waals surface area contributed by atoms with E-state index in [0.717, 1.165) is 12.0 Å². The van der Waals surface area contributed by atoms with Crippen molar-refractivity contribution in [2.24, 2.45) is 23.7 Å². The number of hydrogen-bond donors (Lipinski definition) is 1. The highest BCUT2D eigenvalue weighted by Gasteiger charge is 2.60. The minimum atomic E-state index is -0.781. The van der Waals surface area contributed by atoms with Crippen molar-refractivity contribution in [3.05, 3.63) is 48.0 Å². The predicted octanol–water partition coefficient (Wildman–Crippen LogP) is 2.06. The van der Waals surface area contributed by atoms with E-state index in [-0.39, 0.29) is 47.4 Å². The summed E-state index contributed by atoms with van der Waals surface area (Å²) in [6.07, 6.45) is 5.01. The Labute approximate surface area is 147 Å². The number of rotatable bonds is 4. The SMILES string of the molecule is C[C@H](NC(=O)[C@@H](C)N1C(=O)[C@@H]2[C@H](C1=O)[C@H]1C=C[C@H]2C1)c1ccccc1. The Morgan fingerprint density at radius 2 is 1.60 bits per heavy atom. The highest BCUT2D eigenvalue weighted by molar-refractivity contribution is 6.09. The van der Waals surface area contributed by atoms with Gasteiger partial charge in [-0.3, -0.25) is 19.3 Å². The normalized spacial score (nSPS) is 32.0. The van der Waals surface area contributed by atoms with Crippen molar-refractivity contribution < 1.29 is 14.4 Å². The molecule has 1 heterocycles. The maximum absolute atomic E-state index is 12.8. The molecule has 3 amide bonds. The van der Waals surface area contributed by atoms with Crippen LogP contribution in [0.25, 0.3) is 0 Å². The average molecular weight is 338 g/mol. The summed E-state index contributed by atoms with van der Waals surface area (Å²) >= 11 is 0. The molecule has 0 aromatic heterocycles. The molecule has 2 aliphatic carbocycles. The fraction of sp³-hybridized carbons (Fsp3) is 0.450. The first kappa shape index (κ1) is 16.1. The first-order chi connectivity index (χ1) is 12.0. The van der Waals surface area contributed by atoms with Gasteiger partial charge in [-0.15, -0.1) is 0 Å². The number of carbonyl (C=O) groups excluding carboxylic acids is 3. The molecule has 1 aliphatic heterocycles. The van der Waals surface area contributed by atoms with Gasteiger partial charge in [-0.25, -0.2) is 0 Å². The molecule has 3 aliphatic rings. The molecule has 0 unspecified atom stereocenters. The molecule has 2 bridgehead atoms. The smallest absolute Gasteiger partial charge is 0.243 e. The van der Waals surface area contributed by atoms with Crippen LogP contribution in [0.3, 0.4) is 0 Å². The first-order valence-electron chi connectivity index (χ1n) is 8.89. The lowest BCUT2D eigenvalue weighted by Crippen LogP contribution is -2.49. The Balaban J connectivity index is 1.48. The number of imide groups is 1. The molecule has 0 spiro atoms. The highest BCUT2D eigenvalue weighted by Crippen LogP contribution is 2.52. The number of benzene rings is 1. The molecule has 25 heavy (non-hydrogen) atoms. The standard InChI is InChI=1S/C20H22N2O3/c1-11(13-6-4-3-5-7-13)21-18(23)12(2)22-19(24)16-14-8-9-15(10-14)17(16)20(22)25/h3-9,11-12,14-17H,10H2,1-2H3,(H,21,23)/t11-,12+,14-,15-,16-,17+/m0/s1. The summed E-state index contributed by atoms with van der Waals surface area (Å²) in [6, 6.07) is 8.67. The molecular formula is C20H22N2O3. The minimum absolute atomic E-state index is 0.162. The Hall–Kier alpha value is -2.43. The first-order valence-corrected chi connectivity index (χ1v) is 8.89. The van der Waals surface area contributed by atoms with E-state index in [1.165, 1.54) is 4.90 Å². The molecule has 2 fully saturated rings. The van der Waals surface area contributed by atoms with Gasteiger partial charge in [-0.1, -0.05) is 42.5 Å². The number of likely N-dealkylation sites (tertiary alicyclic amines) is 1. The topological polar surface area (TPSA) is 66.5 Å². The monoisotopic (exact) mass is 338 g/mol. The van der Waals surface area contributed by atoms with E-state index in [4.69, 9.17) is 0 Å². The largest absolute Gasteiger partial charge is 0.348 e. The van der Waals surface area contributed by atoms with Crippen molar-refractivity contribution in [1.82, 2.24) is 10.2 Å². The van der Waals surface area contributed by atoms with Crippen LogP contribution >= 0.6 is 0 Å². The van der Waals surface area contributed by atoms with Crippen molar-refractivity contribution in [2.45, 2.75) is 32.4 Å². The van der Waals surface area contributed by atoms with Crippen molar-refractivity contribution in [3.63, 3.8) is 0 Å². The zero-order valence-electron chi connectivity index (χ0n) is 14.4. The number of amides is 3. The lowest BCUT2D eigenvalue weighted by Gasteiger charge is -2.25. The van der Waals surface area contributed by atoms with Gasteiger partial charge >= 0.3 is 0 Å². The van der Waals surface area contributed by atoms with Crippen LogP contribution in [0.15, 0.2) is 42.5 Å². The van der Waals surface area contributed by atoms with E-state index in [1.807, 2.05) is 37.3 Å². The van der Waals surface area contributed by atoms with Crippen LogP contribution in [-0.2, 0) is 14.4 Å². The molecule has 1 aromatic rings. The van der Waals surface area contributed by atoms with E-state index in [0.29, 0.717) is 0 Å². The average Bonchev–Trinajstić information content (AvgIpc) is 3.29. The zero-order valence-corrected chi connectivity index (χ0v) is 14.4. The Kier molecular flexibility index (Phi) is 3.74. The van der Waals surface area contributed by atoms with E-state index < -0.39 is 6.04 Å². The van der Waals surface area contributed by atoms with E-state index in [2.05, 4.69) is 17.5 Å². The highest BCUT2D eigenvalue weighted by atomic mass is 16.2. The molecular weight excluding hydrogens is 316 g/mol. The molecule has 1 N–H and O–H groups in total. The van der Waals surface area contributed by atoms with Crippen LogP contribution < -0.4 is 5.32 Å². The molecule has 0 radical (unpaired) electrons. The van der Waals surface area contributed by atoms with Crippen LogP contribution in [0.4, 0.5) is 0 Å². The quantitative estimate of drug-likeness (QED) is 0.675. The van der Waals surface area contributed by atoms with Crippen molar-refractivity contribution in [2.75, 3.05) is 0 Å². The van der Waals surface area contributed by atoms with Gasteiger partial charge in [0.1, 0.15) is 6.04 Å². The van der Waals surface area contributed by atoms with Gasteiger partial charge in [0.05, 0.1) is 17.9 Å². The summed E-state index contributed by atoms with van der Waals surface area (Å²) in [7, 11) is 0. The molecule has 130 valence electrons. The lowest BCUT2D eigenvalue weighted by molar-refractivity contribution is -0.148. The summed E-state index contributed by atoms with van der Waals surface area (Å²) < 4.78 is 0. The number of nitrogens with one attached hydrogen (secondary N) is 1. The van der Waals surface area contributed by atoms with E-state index in [1.54, 1.807) is 6.92 Å². The zero-order chi connectivity index (χ0) is 17.7. The molecule has 6 atom stereocenters. The van der Waals surface area contributed by atoms with Crippen LogP contribution in [0.1, 0.15) is 31.9 Å². The van der Waals surface area contributed by atoms with Gasteiger partial charge in [0, 0.05) is 0 Å². The molecule has 1 saturated carbocycles. The maximum atomic E-state index is 12.8. The van der Waals surface area contributed by atoms with Gasteiger partial charge in [0.2, 0.25) is 17.7 Å². The Morgan fingerprint density at radius 3 is 2.16 bits per heavy atom. The number of allylic oxidation sites excluding steroid dienone is 2. The minimum Gasteiger partial charge on any atom is -0.348 e. The fourth-order valence-corrected chi connectivity index (χ4v) is 4.58. The summed E-state index contributed by atoms with van der Waals surface area (Å²) in [6.45, 7) is 3.53. The third-order valence-corrected chi connectivity index (χ3v) is 5.93. The summed E-state index contributed by atoms with van der Waals surface area (Å²) in [5.41, 5.74) is 0.987. The molecule has 5 nitrogen and oxygen atoms in total. The third-order valence-electron chi connectivity index (χ3n) is 5.93. The summed E-state index contributed by atoms with van der Waals surface area (Å²) in [5.74, 6) is -0.847. The van der Waals surface area contributed by atoms with Crippen molar-refractivity contribution in [3.8, 4) is 0 Å². The van der Waals surface area contributed by atoms with Crippen molar-refractivity contribution >= 4 is 17.7 Å². The number of fused-ring (bicyclic) bond motifs is 5. The van der Waals surface area contributed by atoms with Gasteiger partial charge in [0.15, 0.2) is 0 Å².